The first-order valence-corrected chi connectivity index (χ1v) is 7.75. The molecular weight excluding hydrogens is 266 g/mol. The zero-order valence-corrected chi connectivity index (χ0v) is 14.0. The molecule has 1 atom stereocenters. The largest absolute Gasteiger partial charge is 0.493 e. The van der Waals surface area contributed by atoms with Crippen LogP contribution in [-0.2, 0) is 0 Å². The summed E-state index contributed by atoms with van der Waals surface area (Å²) in [5, 5.41) is 3.54. The van der Waals surface area contributed by atoms with Crippen LogP contribution in [0.25, 0.3) is 0 Å². The Labute approximate surface area is 128 Å². The van der Waals surface area contributed by atoms with Gasteiger partial charge in [-0.1, -0.05) is 33.1 Å². The molecular formula is C17H29NO3. The minimum Gasteiger partial charge on any atom is -0.493 e. The van der Waals surface area contributed by atoms with Gasteiger partial charge in [-0.2, -0.15) is 0 Å². The van der Waals surface area contributed by atoms with Crippen LogP contribution in [0.15, 0.2) is 12.1 Å². The van der Waals surface area contributed by atoms with Crippen LogP contribution in [0.5, 0.6) is 17.2 Å². The Morgan fingerprint density at radius 2 is 1.67 bits per heavy atom. The van der Waals surface area contributed by atoms with Gasteiger partial charge in [0.05, 0.1) is 21.3 Å². The molecule has 1 aromatic rings. The predicted octanol–water partition coefficient (Wildman–Crippen LogP) is 3.94. The van der Waals surface area contributed by atoms with Crippen molar-refractivity contribution in [3.8, 4) is 17.2 Å². The van der Waals surface area contributed by atoms with Crippen LogP contribution in [0.3, 0.4) is 0 Å². The van der Waals surface area contributed by atoms with Crippen LogP contribution in [0, 0.1) is 0 Å². The van der Waals surface area contributed by atoms with Crippen molar-refractivity contribution in [3.05, 3.63) is 17.7 Å². The molecule has 1 aromatic carbocycles. The molecule has 0 amide bonds. The van der Waals surface area contributed by atoms with E-state index in [0.717, 1.165) is 24.3 Å². The minimum absolute atomic E-state index is 0.274. The lowest BCUT2D eigenvalue weighted by atomic mass is 9.98. The molecule has 0 fully saturated rings. The number of rotatable bonds is 10. The fourth-order valence-corrected chi connectivity index (χ4v) is 2.61. The van der Waals surface area contributed by atoms with Gasteiger partial charge in [-0.3, -0.25) is 0 Å². The molecule has 0 aliphatic rings. The first-order chi connectivity index (χ1) is 10.2. The van der Waals surface area contributed by atoms with Crippen molar-refractivity contribution in [2.45, 2.75) is 45.6 Å². The molecule has 0 saturated carbocycles. The Morgan fingerprint density at radius 3 is 2.19 bits per heavy atom. The summed E-state index contributed by atoms with van der Waals surface area (Å²) in [5.74, 6) is 2.12. The average molecular weight is 295 g/mol. The molecule has 0 radical (unpaired) electrons. The number of benzene rings is 1. The third-order valence-electron chi connectivity index (χ3n) is 3.66. The highest BCUT2D eigenvalue weighted by Crippen LogP contribution is 2.42. The van der Waals surface area contributed by atoms with Crippen molar-refractivity contribution in [2.75, 3.05) is 27.9 Å². The van der Waals surface area contributed by atoms with E-state index in [2.05, 4.69) is 25.2 Å². The standard InChI is InChI=1S/C17H29NO3/c1-6-8-9-10-14(18-7-2)13-11-12-15(19-3)17(21-5)16(13)20-4/h11-12,14,18H,6-10H2,1-5H3. The molecule has 0 heterocycles. The van der Waals surface area contributed by atoms with Crippen molar-refractivity contribution in [1.82, 2.24) is 5.32 Å². The van der Waals surface area contributed by atoms with E-state index in [1.54, 1.807) is 21.3 Å². The van der Waals surface area contributed by atoms with Crippen LogP contribution < -0.4 is 19.5 Å². The number of unbranched alkanes of at least 4 members (excludes halogenated alkanes) is 2. The van der Waals surface area contributed by atoms with Gasteiger partial charge < -0.3 is 19.5 Å². The highest BCUT2D eigenvalue weighted by Gasteiger charge is 2.21. The number of hydrogen-bond acceptors (Lipinski definition) is 4. The van der Waals surface area contributed by atoms with Gasteiger partial charge in [0.1, 0.15) is 0 Å². The second-order valence-electron chi connectivity index (χ2n) is 5.03. The van der Waals surface area contributed by atoms with Crippen molar-refractivity contribution in [1.29, 1.82) is 0 Å². The van der Waals surface area contributed by atoms with Crippen LogP contribution in [0.1, 0.15) is 51.1 Å². The Kier molecular flexibility index (Phi) is 7.98. The van der Waals surface area contributed by atoms with Crippen LogP contribution in [-0.4, -0.2) is 27.9 Å². The maximum Gasteiger partial charge on any atom is 0.203 e. The lowest BCUT2D eigenvalue weighted by Gasteiger charge is -2.23. The van der Waals surface area contributed by atoms with E-state index in [1.807, 2.05) is 6.07 Å². The third kappa shape index (κ3) is 4.53. The van der Waals surface area contributed by atoms with E-state index in [-0.39, 0.29) is 6.04 Å². The Morgan fingerprint density at radius 1 is 0.952 bits per heavy atom. The van der Waals surface area contributed by atoms with Gasteiger partial charge in [0.15, 0.2) is 11.5 Å². The number of hydrogen-bond donors (Lipinski definition) is 1. The number of nitrogens with one attached hydrogen (secondary N) is 1. The van der Waals surface area contributed by atoms with E-state index in [4.69, 9.17) is 14.2 Å². The number of ether oxygens (including phenoxy) is 3. The maximum atomic E-state index is 5.60. The smallest absolute Gasteiger partial charge is 0.203 e. The maximum absolute atomic E-state index is 5.60. The van der Waals surface area contributed by atoms with E-state index in [1.165, 1.54) is 19.3 Å². The molecule has 120 valence electrons. The third-order valence-corrected chi connectivity index (χ3v) is 3.66. The summed E-state index contributed by atoms with van der Waals surface area (Å²) in [5.41, 5.74) is 1.13. The molecule has 1 N–H and O–H groups in total. The van der Waals surface area contributed by atoms with Crippen LogP contribution in [0.2, 0.25) is 0 Å². The molecule has 0 spiro atoms. The first-order valence-electron chi connectivity index (χ1n) is 7.75. The highest BCUT2D eigenvalue weighted by molar-refractivity contribution is 5.56. The zero-order chi connectivity index (χ0) is 15.7. The average Bonchev–Trinajstić information content (AvgIpc) is 2.52. The normalized spacial score (nSPS) is 12.0. The summed E-state index contributed by atoms with van der Waals surface area (Å²) in [6, 6.07) is 4.29. The summed E-state index contributed by atoms with van der Waals surface area (Å²) < 4.78 is 16.4. The molecule has 1 unspecified atom stereocenters. The molecule has 1 rings (SSSR count). The fraction of sp³-hybridized carbons (Fsp3) is 0.647. The highest BCUT2D eigenvalue weighted by atomic mass is 16.5. The van der Waals surface area contributed by atoms with Crippen LogP contribution >= 0.6 is 0 Å². The zero-order valence-electron chi connectivity index (χ0n) is 14.0. The minimum atomic E-state index is 0.274. The molecule has 0 aliphatic carbocycles. The van der Waals surface area contributed by atoms with E-state index < -0.39 is 0 Å². The molecule has 0 aromatic heterocycles. The van der Waals surface area contributed by atoms with Crippen molar-refractivity contribution < 1.29 is 14.2 Å². The number of methoxy groups -OCH3 is 3. The van der Waals surface area contributed by atoms with Gasteiger partial charge in [-0.15, -0.1) is 0 Å². The molecule has 0 aliphatic heterocycles. The lowest BCUT2D eigenvalue weighted by molar-refractivity contribution is 0.318. The molecule has 21 heavy (non-hydrogen) atoms. The quantitative estimate of drug-likeness (QED) is 0.664. The second-order valence-corrected chi connectivity index (χ2v) is 5.03. The SMILES string of the molecule is CCCCCC(NCC)c1ccc(OC)c(OC)c1OC. The molecule has 0 saturated heterocycles. The molecule has 0 bridgehead atoms. The summed E-state index contributed by atoms with van der Waals surface area (Å²) in [7, 11) is 4.96. The van der Waals surface area contributed by atoms with Crippen molar-refractivity contribution >= 4 is 0 Å². The van der Waals surface area contributed by atoms with E-state index in [9.17, 15) is 0 Å². The lowest BCUT2D eigenvalue weighted by Crippen LogP contribution is -2.21. The summed E-state index contributed by atoms with van der Waals surface area (Å²) in [4.78, 5) is 0. The second kappa shape index (κ2) is 9.50. The van der Waals surface area contributed by atoms with Gasteiger partial charge in [-0.05, 0) is 25.1 Å². The van der Waals surface area contributed by atoms with E-state index in [0.29, 0.717) is 11.5 Å². The monoisotopic (exact) mass is 295 g/mol. The topological polar surface area (TPSA) is 39.7 Å². The van der Waals surface area contributed by atoms with E-state index >= 15 is 0 Å². The van der Waals surface area contributed by atoms with Crippen molar-refractivity contribution in [3.63, 3.8) is 0 Å². The van der Waals surface area contributed by atoms with Gasteiger partial charge in [-0.25, -0.2) is 0 Å². The van der Waals surface area contributed by atoms with Crippen LogP contribution in [0.4, 0.5) is 0 Å². The van der Waals surface area contributed by atoms with Gasteiger partial charge in [0.25, 0.3) is 0 Å². The molecule has 4 nitrogen and oxygen atoms in total. The summed E-state index contributed by atoms with van der Waals surface area (Å²) >= 11 is 0. The summed E-state index contributed by atoms with van der Waals surface area (Å²) in [6.07, 6.45) is 4.76. The van der Waals surface area contributed by atoms with Gasteiger partial charge >= 0.3 is 0 Å². The molecule has 4 heteroatoms. The van der Waals surface area contributed by atoms with Gasteiger partial charge in [0.2, 0.25) is 5.75 Å². The Bertz CT molecular complexity index is 421. The fourth-order valence-electron chi connectivity index (χ4n) is 2.61. The van der Waals surface area contributed by atoms with Crippen molar-refractivity contribution in [2.24, 2.45) is 0 Å². The Balaban J connectivity index is 3.11. The summed E-state index contributed by atoms with van der Waals surface area (Å²) in [6.45, 7) is 5.27. The first kappa shape index (κ1) is 17.6. The predicted molar refractivity (Wildman–Crippen MR) is 86.7 cm³/mol. The van der Waals surface area contributed by atoms with Gasteiger partial charge in [0, 0.05) is 11.6 Å². The Hall–Kier alpha value is -1.42.